The van der Waals surface area contributed by atoms with E-state index < -0.39 is 5.82 Å². The second kappa shape index (κ2) is 8.52. The number of hydrogen-bond donors (Lipinski definition) is 1. The number of para-hydroxylation sites is 1. The van der Waals surface area contributed by atoms with Gasteiger partial charge in [0.05, 0.1) is 0 Å². The van der Waals surface area contributed by atoms with Gasteiger partial charge in [0.1, 0.15) is 23.9 Å². The topological polar surface area (TPSA) is 81.9 Å². The molecule has 0 aliphatic heterocycles. The van der Waals surface area contributed by atoms with Gasteiger partial charge >= 0.3 is 0 Å². The lowest BCUT2D eigenvalue weighted by atomic mass is 10.1. The summed E-state index contributed by atoms with van der Waals surface area (Å²) in [6, 6.07) is 20.8. The highest BCUT2D eigenvalue weighted by Crippen LogP contribution is 2.20. The van der Waals surface area contributed by atoms with Crippen molar-refractivity contribution in [2.45, 2.75) is 13.5 Å². The van der Waals surface area contributed by atoms with Crippen molar-refractivity contribution in [2.75, 3.05) is 5.32 Å². The number of aryl methyl sites for hydroxylation is 1. The molecule has 0 saturated carbocycles. The molecule has 0 unspecified atom stereocenters. The molecular weight excluding hydrogens is 385 g/mol. The zero-order chi connectivity index (χ0) is 20.9. The van der Waals surface area contributed by atoms with Crippen molar-refractivity contribution in [3.63, 3.8) is 0 Å². The summed E-state index contributed by atoms with van der Waals surface area (Å²) in [5.41, 5.74) is 2.00. The van der Waals surface area contributed by atoms with Crippen LogP contribution in [0.2, 0.25) is 0 Å². The molecule has 0 saturated heterocycles. The molecule has 1 N–H and O–H groups in total. The molecule has 0 aliphatic carbocycles. The second-order valence-corrected chi connectivity index (χ2v) is 6.56. The minimum atomic E-state index is -0.494. The van der Waals surface area contributed by atoms with Gasteiger partial charge in [0.15, 0.2) is 5.82 Å². The number of hydrogen-bond acceptors (Lipinski definition) is 5. The Kier molecular flexibility index (Phi) is 5.47. The Morgan fingerprint density at radius 3 is 2.53 bits per heavy atom. The number of rotatable bonds is 6. The Hall–Kier alpha value is -4.07. The van der Waals surface area contributed by atoms with Gasteiger partial charge in [-0.25, -0.2) is 4.39 Å². The van der Waals surface area contributed by atoms with Crippen LogP contribution in [-0.2, 0) is 6.61 Å². The van der Waals surface area contributed by atoms with Crippen LogP contribution < -0.4 is 10.1 Å². The molecule has 8 heteroatoms. The highest BCUT2D eigenvalue weighted by atomic mass is 19.1. The van der Waals surface area contributed by atoms with Crippen LogP contribution in [0.5, 0.6) is 5.75 Å². The van der Waals surface area contributed by atoms with E-state index in [1.807, 2.05) is 42.5 Å². The van der Waals surface area contributed by atoms with E-state index >= 15 is 0 Å². The van der Waals surface area contributed by atoms with Crippen molar-refractivity contribution in [3.8, 4) is 11.4 Å². The molecule has 1 aromatic heterocycles. The first kappa shape index (κ1) is 19.3. The van der Waals surface area contributed by atoms with E-state index in [1.54, 1.807) is 19.1 Å². The largest absolute Gasteiger partial charge is 0.489 e. The van der Waals surface area contributed by atoms with Crippen LogP contribution in [0.25, 0.3) is 5.69 Å². The average Bonchev–Trinajstić information content (AvgIpc) is 3.20. The molecule has 0 bridgehead atoms. The summed E-state index contributed by atoms with van der Waals surface area (Å²) in [5.74, 6) is 0.414. The third-order valence-electron chi connectivity index (χ3n) is 4.42. The Bertz CT molecular complexity index is 1160. The number of tetrazole rings is 1. The van der Waals surface area contributed by atoms with Crippen LogP contribution in [0.4, 0.5) is 10.1 Å². The van der Waals surface area contributed by atoms with E-state index in [4.69, 9.17) is 4.74 Å². The van der Waals surface area contributed by atoms with E-state index in [0.717, 1.165) is 11.3 Å². The molecular formula is C22H18FN5O2. The number of carbonyl (C=O) groups is 1. The first-order chi connectivity index (χ1) is 14.6. The molecule has 150 valence electrons. The monoisotopic (exact) mass is 403 g/mol. The van der Waals surface area contributed by atoms with Crippen LogP contribution in [-0.4, -0.2) is 26.1 Å². The minimum absolute atomic E-state index is 0.156. The van der Waals surface area contributed by atoms with Crippen LogP contribution in [0.3, 0.4) is 0 Å². The Morgan fingerprint density at radius 1 is 1.07 bits per heavy atom. The molecule has 4 aromatic rings. The predicted octanol–water partition coefficient (Wildman–Crippen LogP) is 3.94. The number of nitrogens with one attached hydrogen (secondary N) is 1. The van der Waals surface area contributed by atoms with Gasteiger partial charge in [0, 0.05) is 11.3 Å². The summed E-state index contributed by atoms with van der Waals surface area (Å²) in [6.07, 6.45) is 0. The highest BCUT2D eigenvalue weighted by Gasteiger charge is 2.12. The number of aromatic nitrogens is 4. The first-order valence-electron chi connectivity index (χ1n) is 9.23. The summed E-state index contributed by atoms with van der Waals surface area (Å²) in [4.78, 5) is 12.6. The summed E-state index contributed by atoms with van der Waals surface area (Å²) < 4.78 is 21.1. The smallest absolute Gasteiger partial charge is 0.255 e. The van der Waals surface area contributed by atoms with Crippen LogP contribution in [0.15, 0.2) is 72.8 Å². The fourth-order valence-corrected chi connectivity index (χ4v) is 2.85. The second-order valence-electron chi connectivity index (χ2n) is 6.56. The van der Waals surface area contributed by atoms with Crippen molar-refractivity contribution in [1.29, 1.82) is 0 Å². The van der Waals surface area contributed by atoms with Gasteiger partial charge in [-0.05, 0) is 65.4 Å². The lowest BCUT2D eigenvalue weighted by molar-refractivity contribution is 0.102. The maximum atomic E-state index is 14.2. The zero-order valence-electron chi connectivity index (χ0n) is 16.1. The Morgan fingerprint density at radius 2 is 1.83 bits per heavy atom. The Balaban J connectivity index is 1.43. The fourth-order valence-electron chi connectivity index (χ4n) is 2.85. The quantitative estimate of drug-likeness (QED) is 0.527. The van der Waals surface area contributed by atoms with E-state index in [0.29, 0.717) is 23.7 Å². The SMILES string of the molecule is Cc1nnnn1-c1cc(NC(=O)c2ccc(COc3ccccc3)cc2)ccc1F. The van der Waals surface area contributed by atoms with Crippen LogP contribution in [0.1, 0.15) is 21.7 Å². The number of ether oxygens (including phenoxy) is 1. The van der Waals surface area contributed by atoms with Crippen molar-refractivity contribution in [2.24, 2.45) is 0 Å². The molecule has 7 nitrogen and oxygen atoms in total. The van der Waals surface area contributed by atoms with Crippen LogP contribution in [0, 0.1) is 12.7 Å². The molecule has 0 aliphatic rings. The van der Waals surface area contributed by atoms with Gasteiger partial charge in [-0.1, -0.05) is 30.3 Å². The van der Waals surface area contributed by atoms with Gasteiger partial charge in [-0.3, -0.25) is 4.79 Å². The number of amides is 1. The molecule has 0 atom stereocenters. The van der Waals surface area contributed by atoms with Gasteiger partial charge in [-0.15, -0.1) is 5.10 Å². The molecule has 1 amide bonds. The Labute approximate surface area is 172 Å². The third kappa shape index (κ3) is 4.33. The number of benzene rings is 3. The third-order valence-corrected chi connectivity index (χ3v) is 4.42. The summed E-state index contributed by atoms with van der Waals surface area (Å²) in [6.45, 7) is 2.06. The average molecular weight is 403 g/mol. The molecule has 1 heterocycles. The number of carbonyl (C=O) groups excluding carboxylic acids is 1. The lowest BCUT2D eigenvalue weighted by Gasteiger charge is -2.10. The standard InChI is InChI=1S/C22H18FN5O2/c1-15-25-26-27-28(15)21-13-18(11-12-20(21)23)24-22(29)17-9-7-16(8-10-17)14-30-19-5-3-2-4-6-19/h2-13H,14H2,1H3,(H,24,29). The van der Waals surface area contributed by atoms with Gasteiger partial charge in [0.2, 0.25) is 0 Å². The van der Waals surface area contributed by atoms with Crippen molar-refractivity contribution in [3.05, 3.63) is 95.6 Å². The van der Waals surface area contributed by atoms with Crippen molar-refractivity contribution >= 4 is 11.6 Å². The molecule has 0 spiro atoms. The van der Waals surface area contributed by atoms with Gasteiger partial charge in [-0.2, -0.15) is 4.68 Å². The highest BCUT2D eigenvalue weighted by molar-refractivity contribution is 6.04. The maximum Gasteiger partial charge on any atom is 0.255 e. The summed E-state index contributed by atoms with van der Waals surface area (Å²) in [7, 11) is 0. The summed E-state index contributed by atoms with van der Waals surface area (Å²) >= 11 is 0. The maximum absolute atomic E-state index is 14.2. The lowest BCUT2D eigenvalue weighted by Crippen LogP contribution is -2.13. The van der Waals surface area contributed by atoms with E-state index in [1.165, 1.54) is 22.9 Å². The molecule has 0 fully saturated rings. The predicted molar refractivity (Wildman–Crippen MR) is 109 cm³/mol. The van der Waals surface area contributed by atoms with Gasteiger partial charge < -0.3 is 10.1 Å². The fraction of sp³-hybridized carbons (Fsp3) is 0.0909. The minimum Gasteiger partial charge on any atom is -0.489 e. The molecule has 3 aromatic carbocycles. The van der Waals surface area contributed by atoms with Gasteiger partial charge in [0.25, 0.3) is 5.91 Å². The van der Waals surface area contributed by atoms with Crippen LogP contribution >= 0.6 is 0 Å². The van der Waals surface area contributed by atoms with Crippen molar-refractivity contribution < 1.29 is 13.9 Å². The number of nitrogens with zero attached hydrogens (tertiary/aromatic N) is 4. The zero-order valence-corrected chi connectivity index (χ0v) is 16.1. The first-order valence-corrected chi connectivity index (χ1v) is 9.23. The number of anilines is 1. The van der Waals surface area contributed by atoms with E-state index in [-0.39, 0.29) is 11.6 Å². The molecule has 4 rings (SSSR count). The van der Waals surface area contributed by atoms with E-state index in [2.05, 4.69) is 20.8 Å². The normalized spacial score (nSPS) is 10.6. The van der Waals surface area contributed by atoms with E-state index in [9.17, 15) is 9.18 Å². The molecule has 30 heavy (non-hydrogen) atoms. The number of halogens is 1. The summed E-state index contributed by atoms with van der Waals surface area (Å²) in [5, 5.41) is 13.8. The van der Waals surface area contributed by atoms with Crippen molar-refractivity contribution in [1.82, 2.24) is 20.2 Å². The molecule has 0 radical (unpaired) electrons.